The van der Waals surface area contributed by atoms with Gasteiger partial charge in [-0.05, 0) is 35.9 Å². The first-order chi connectivity index (χ1) is 14.3. The molecule has 0 radical (unpaired) electrons. The van der Waals surface area contributed by atoms with E-state index >= 15 is 0 Å². The van der Waals surface area contributed by atoms with Gasteiger partial charge in [-0.25, -0.2) is 8.42 Å². The van der Waals surface area contributed by atoms with Crippen LogP contribution >= 0.6 is 0 Å². The summed E-state index contributed by atoms with van der Waals surface area (Å²) < 4.78 is 36.8. The van der Waals surface area contributed by atoms with Crippen molar-refractivity contribution in [2.24, 2.45) is 5.10 Å². The molecule has 0 atom stereocenters. The van der Waals surface area contributed by atoms with Gasteiger partial charge in [-0.3, -0.25) is 15.5 Å². The maximum absolute atomic E-state index is 12.7. The molecule has 3 rings (SSSR count). The Morgan fingerprint density at radius 3 is 2.63 bits per heavy atom. The highest BCUT2D eigenvalue weighted by Crippen LogP contribution is 2.29. The molecule has 1 saturated heterocycles. The third-order valence-corrected chi connectivity index (χ3v) is 6.27. The van der Waals surface area contributed by atoms with Crippen LogP contribution in [0.1, 0.15) is 5.56 Å². The van der Waals surface area contributed by atoms with Crippen LogP contribution in [-0.4, -0.2) is 62.4 Å². The summed E-state index contributed by atoms with van der Waals surface area (Å²) in [6.07, 6.45) is 1.35. The number of nitro benzene ring substituents is 1. The number of methoxy groups -OCH3 is 1. The van der Waals surface area contributed by atoms with Crippen LogP contribution in [0.5, 0.6) is 11.5 Å². The largest absolute Gasteiger partial charge is 0.504 e. The second-order valence-electron chi connectivity index (χ2n) is 6.25. The van der Waals surface area contributed by atoms with E-state index in [-0.39, 0.29) is 42.6 Å². The summed E-state index contributed by atoms with van der Waals surface area (Å²) in [5.41, 5.74) is 2.65. The Labute approximate surface area is 172 Å². The van der Waals surface area contributed by atoms with Crippen molar-refractivity contribution in [2.75, 3.05) is 38.8 Å². The number of hydrogen-bond donors (Lipinski definition) is 2. The van der Waals surface area contributed by atoms with Crippen molar-refractivity contribution in [2.45, 2.75) is 4.90 Å². The number of phenolic OH excluding ortho intramolecular Hbond substituents is 1. The molecular weight excluding hydrogens is 416 g/mol. The number of nitrogens with zero attached hydrogens (tertiary/aromatic N) is 3. The lowest BCUT2D eigenvalue weighted by Gasteiger charge is -2.26. The molecule has 0 spiro atoms. The molecule has 30 heavy (non-hydrogen) atoms. The zero-order valence-corrected chi connectivity index (χ0v) is 16.8. The van der Waals surface area contributed by atoms with E-state index in [9.17, 15) is 23.6 Å². The number of sulfonamides is 1. The van der Waals surface area contributed by atoms with Crippen molar-refractivity contribution >= 4 is 27.6 Å². The fraction of sp³-hybridized carbons (Fsp3) is 0.278. The van der Waals surface area contributed by atoms with E-state index in [0.29, 0.717) is 11.3 Å². The minimum Gasteiger partial charge on any atom is -0.504 e. The van der Waals surface area contributed by atoms with Crippen molar-refractivity contribution < 1.29 is 27.9 Å². The highest BCUT2D eigenvalue weighted by atomic mass is 32.2. The normalized spacial score (nSPS) is 15.2. The van der Waals surface area contributed by atoms with E-state index in [1.54, 1.807) is 12.1 Å². The van der Waals surface area contributed by atoms with E-state index in [1.807, 2.05) is 0 Å². The average molecular weight is 436 g/mol. The molecule has 0 unspecified atom stereocenters. The maximum atomic E-state index is 12.7. The fourth-order valence-corrected chi connectivity index (χ4v) is 4.25. The Balaban J connectivity index is 1.82. The molecule has 1 aliphatic rings. The minimum atomic E-state index is -3.87. The summed E-state index contributed by atoms with van der Waals surface area (Å²) in [5.74, 6) is 0.220. The predicted octanol–water partition coefficient (Wildman–Crippen LogP) is 1.78. The molecule has 2 aromatic carbocycles. The quantitative estimate of drug-likeness (QED) is 0.380. The molecule has 0 aliphatic carbocycles. The first-order valence-corrected chi connectivity index (χ1v) is 10.3. The second kappa shape index (κ2) is 9.07. The van der Waals surface area contributed by atoms with Crippen LogP contribution in [0.3, 0.4) is 0 Å². The molecule has 160 valence electrons. The SMILES string of the molecule is COc1ccc(C=NNc2ccc(S(=O)(=O)N3CCOCC3)cc2[N+](=O)[O-])cc1O. The summed E-state index contributed by atoms with van der Waals surface area (Å²) in [5, 5.41) is 25.2. The summed E-state index contributed by atoms with van der Waals surface area (Å²) >= 11 is 0. The molecule has 11 nitrogen and oxygen atoms in total. The lowest BCUT2D eigenvalue weighted by atomic mass is 10.2. The Hall–Kier alpha value is -3.22. The van der Waals surface area contributed by atoms with Gasteiger partial charge in [0.25, 0.3) is 5.69 Å². The first kappa shape index (κ1) is 21.5. The van der Waals surface area contributed by atoms with Crippen LogP contribution in [0.2, 0.25) is 0 Å². The number of nitrogens with one attached hydrogen (secondary N) is 1. The van der Waals surface area contributed by atoms with Gasteiger partial charge < -0.3 is 14.6 Å². The summed E-state index contributed by atoms with van der Waals surface area (Å²) in [4.78, 5) is 10.6. The van der Waals surface area contributed by atoms with Crippen molar-refractivity contribution in [1.29, 1.82) is 0 Å². The van der Waals surface area contributed by atoms with Crippen LogP contribution in [-0.2, 0) is 14.8 Å². The van der Waals surface area contributed by atoms with Crippen LogP contribution < -0.4 is 10.2 Å². The fourth-order valence-electron chi connectivity index (χ4n) is 2.82. The molecule has 0 bridgehead atoms. The topological polar surface area (TPSA) is 144 Å². The van der Waals surface area contributed by atoms with E-state index < -0.39 is 20.6 Å². The molecule has 1 fully saturated rings. The first-order valence-electron chi connectivity index (χ1n) is 8.85. The minimum absolute atomic E-state index is 0.0231. The summed E-state index contributed by atoms with van der Waals surface area (Å²) in [6, 6.07) is 8.17. The number of hydrazone groups is 1. The zero-order valence-electron chi connectivity index (χ0n) is 16.0. The average Bonchev–Trinajstić information content (AvgIpc) is 2.74. The predicted molar refractivity (Wildman–Crippen MR) is 109 cm³/mol. The number of ether oxygens (including phenoxy) is 2. The monoisotopic (exact) mass is 436 g/mol. The van der Waals surface area contributed by atoms with Crippen molar-refractivity contribution in [1.82, 2.24) is 4.31 Å². The molecule has 0 aromatic heterocycles. The number of benzene rings is 2. The van der Waals surface area contributed by atoms with Gasteiger partial charge in [-0.15, -0.1) is 0 Å². The number of anilines is 1. The Morgan fingerprint density at radius 1 is 1.27 bits per heavy atom. The molecule has 2 aromatic rings. The van der Waals surface area contributed by atoms with Crippen LogP contribution in [0.4, 0.5) is 11.4 Å². The Morgan fingerprint density at radius 2 is 2.00 bits per heavy atom. The maximum Gasteiger partial charge on any atom is 0.295 e. The third kappa shape index (κ3) is 4.67. The lowest BCUT2D eigenvalue weighted by Crippen LogP contribution is -2.40. The summed E-state index contributed by atoms with van der Waals surface area (Å²) in [7, 11) is -2.44. The number of rotatable bonds is 7. The zero-order chi connectivity index (χ0) is 21.7. The van der Waals surface area contributed by atoms with Gasteiger partial charge in [0.05, 0.1) is 36.4 Å². The Bertz CT molecular complexity index is 1070. The van der Waals surface area contributed by atoms with Gasteiger partial charge in [-0.2, -0.15) is 9.41 Å². The van der Waals surface area contributed by atoms with Crippen LogP contribution in [0.15, 0.2) is 46.4 Å². The highest BCUT2D eigenvalue weighted by Gasteiger charge is 2.28. The smallest absolute Gasteiger partial charge is 0.295 e. The number of nitro groups is 1. The van der Waals surface area contributed by atoms with Gasteiger partial charge in [0.1, 0.15) is 5.69 Å². The lowest BCUT2D eigenvalue weighted by molar-refractivity contribution is -0.384. The van der Waals surface area contributed by atoms with Gasteiger partial charge in [0.2, 0.25) is 10.0 Å². The summed E-state index contributed by atoms with van der Waals surface area (Å²) in [6.45, 7) is 0.928. The molecule has 12 heteroatoms. The van der Waals surface area contributed by atoms with E-state index in [2.05, 4.69) is 10.5 Å². The van der Waals surface area contributed by atoms with Crippen molar-refractivity contribution in [3.05, 3.63) is 52.1 Å². The molecular formula is C18H20N4O7S. The highest BCUT2D eigenvalue weighted by molar-refractivity contribution is 7.89. The number of aromatic hydroxyl groups is 1. The van der Waals surface area contributed by atoms with Gasteiger partial charge >= 0.3 is 0 Å². The molecule has 1 aliphatic heterocycles. The van der Waals surface area contributed by atoms with E-state index in [4.69, 9.17) is 9.47 Å². The standard InChI is InChI=1S/C18H20N4O7S/c1-28-18-5-2-13(10-17(18)23)12-19-20-15-4-3-14(11-16(15)22(24)25)30(26,27)21-6-8-29-9-7-21/h2-5,10-12,20,23H,6-9H2,1H3. The van der Waals surface area contributed by atoms with Gasteiger partial charge in [0, 0.05) is 19.2 Å². The number of morpholine rings is 1. The second-order valence-corrected chi connectivity index (χ2v) is 8.19. The van der Waals surface area contributed by atoms with Crippen LogP contribution in [0.25, 0.3) is 0 Å². The molecule has 0 amide bonds. The molecule has 2 N–H and O–H groups in total. The van der Waals surface area contributed by atoms with Crippen molar-refractivity contribution in [3.63, 3.8) is 0 Å². The molecule has 0 saturated carbocycles. The number of hydrogen-bond acceptors (Lipinski definition) is 9. The van der Waals surface area contributed by atoms with Gasteiger partial charge in [-0.1, -0.05) is 0 Å². The molecule has 1 heterocycles. The van der Waals surface area contributed by atoms with E-state index in [1.165, 1.54) is 35.8 Å². The van der Waals surface area contributed by atoms with E-state index in [0.717, 1.165) is 6.07 Å². The third-order valence-electron chi connectivity index (χ3n) is 4.38. The Kier molecular flexibility index (Phi) is 6.50. The van der Waals surface area contributed by atoms with Crippen molar-refractivity contribution in [3.8, 4) is 11.5 Å². The van der Waals surface area contributed by atoms with Gasteiger partial charge in [0.15, 0.2) is 11.5 Å². The number of phenols is 1. The van der Waals surface area contributed by atoms with Crippen LogP contribution in [0, 0.1) is 10.1 Å².